The minimum Gasteiger partial charge on any atom is -0.338 e. The normalized spacial score (nSPS) is 13.6. The van der Waals surface area contributed by atoms with Gasteiger partial charge in [-0.05, 0) is 72.5 Å². The zero-order chi connectivity index (χ0) is 30.4. The first-order valence-electron chi connectivity index (χ1n) is 15.5. The molecule has 1 fully saturated rings. The lowest BCUT2D eigenvalue weighted by Gasteiger charge is -2.34. The van der Waals surface area contributed by atoms with Gasteiger partial charge in [-0.3, -0.25) is 0 Å². The highest BCUT2D eigenvalue weighted by Crippen LogP contribution is 2.22. The van der Waals surface area contributed by atoms with Crippen molar-refractivity contribution in [2.24, 2.45) is 0 Å². The number of carbonyl (C=O) groups excluding carboxylic acids is 2. The summed E-state index contributed by atoms with van der Waals surface area (Å²) < 4.78 is 0. The molecule has 0 aliphatic carbocycles. The van der Waals surface area contributed by atoms with Crippen molar-refractivity contribution in [2.45, 2.75) is 12.8 Å². The molecular weight excluding hydrogens is 548 g/mol. The van der Waals surface area contributed by atoms with E-state index in [9.17, 15) is 9.59 Å². The SMILES string of the molecule is O=C(NCCCN1CCN(CCCNC(=O)Nc2ccc(-c3ccccc3)cc2)CC1)Nc1ccc(-c2ccccc2)cc1. The average molecular weight is 591 g/mol. The van der Waals surface area contributed by atoms with Crippen molar-refractivity contribution in [1.82, 2.24) is 20.4 Å². The molecule has 0 saturated carbocycles. The smallest absolute Gasteiger partial charge is 0.319 e. The lowest BCUT2D eigenvalue weighted by atomic mass is 10.1. The maximum absolute atomic E-state index is 12.3. The standard InChI is InChI=1S/C36H42N6O2/c43-35(39-33-17-13-31(14-18-33)29-9-3-1-4-10-29)37-21-7-23-41-25-27-42(28-26-41)24-8-22-38-36(44)40-34-19-15-32(16-20-34)30-11-5-2-6-12-30/h1-6,9-20H,7-8,21-28H2,(H2,37,39,43)(H2,38,40,44). The van der Waals surface area contributed by atoms with E-state index in [2.05, 4.69) is 55.3 Å². The molecule has 0 atom stereocenters. The largest absolute Gasteiger partial charge is 0.338 e. The molecule has 4 aromatic carbocycles. The number of hydrogen-bond acceptors (Lipinski definition) is 4. The third-order valence-corrected chi connectivity index (χ3v) is 7.84. The van der Waals surface area contributed by atoms with Gasteiger partial charge in [0.05, 0.1) is 0 Å². The molecule has 1 saturated heterocycles. The molecule has 0 spiro atoms. The fraction of sp³-hybridized carbons (Fsp3) is 0.278. The number of piperazine rings is 1. The van der Waals surface area contributed by atoms with Gasteiger partial charge in [0.2, 0.25) is 0 Å². The number of urea groups is 2. The molecule has 0 aromatic heterocycles. The van der Waals surface area contributed by atoms with Crippen LogP contribution in [-0.2, 0) is 0 Å². The zero-order valence-corrected chi connectivity index (χ0v) is 25.2. The Hall–Kier alpha value is -4.66. The van der Waals surface area contributed by atoms with Crippen molar-refractivity contribution < 1.29 is 9.59 Å². The second kappa shape index (κ2) is 16.3. The third-order valence-electron chi connectivity index (χ3n) is 7.84. The van der Waals surface area contributed by atoms with Crippen molar-refractivity contribution in [3.8, 4) is 22.3 Å². The predicted molar refractivity (Wildman–Crippen MR) is 180 cm³/mol. The Morgan fingerprint density at radius 3 is 1.18 bits per heavy atom. The Bertz CT molecular complexity index is 1320. The van der Waals surface area contributed by atoms with Crippen LogP contribution in [0.25, 0.3) is 22.3 Å². The number of rotatable bonds is 12. The number of anilines is 2. The number of nitrogens with one attached hydrogen (secondary N) is 4. The molecule has 0 radical (unpaired) electrons. The first-order chi connectivity index (χ1) is 21.6. The van der Waals surface area contributed by atoms with E-state index in [1.54, 1.807) is 0 Å². The number of benzene rings is 4. The molecule has 4 amide bonds. The van der Waals surface area contributed by atoms with Crippen molar-refractivity contribution >= 4 is 23.4 Å². The van der Waals surface area contributed by atoms with Crippen molar-refractivity contribution in [1.29, 1.82) is 0 Å². The molecule has 5 rings (SSSR count). The number of amides is 4. The van der Waals surface area contributed by atoms with E-state index >= 15 is 0 Å². The minimum absolute atomic E-state index is 0.175. The second-order valence-corrected chi connectivity index (χ2v) is 11.0. The molecule has 8 nitrogen and oxygen atoms in total. The Kier molecular flexibility index (Phi) is 11.4. The maximum Gasteiger partial charge on any atom is 0.319 e. The van der Waals surface area contributed by atoms with E-state index in [-0.39, 0.29) is 12.1 Å². The molecule has 8 heteroatoms. The van der Waals surface area contributed by atoms with Crippen LogP contribution in [0.5, 0.6) is 0 Å². The number of nitrogens with zero attached hydrogens (tertiary/aromatic N) is 2. The third kappa shape index (κ3) is 9.69. The molecule has 4 aromatic rings. The van der Waals surface area contributed by atoms with Gasteiger partial charge < -0.3 is 31.1 Å². The first kappa shape index (κ1) is 30.8. The molecule has 1 aliphatic rings. The number of carbonyl (C=O) groups is 2. The fourth-order valence-corrected chi connectivity index (χ4v) is 5.35. The molecule has 0 bridgehead atoms. The highest BCUT2D eigenvalue weighted by Gasteiger charge is 2.16. The topological polar surface area (TPSA) is 88.7 Å². The van der Waals surface area contributed by atoms with Gasteiger partial charge in [0, 0.05) is 50.6 Å². The van der Waals surface area contributed by atoms with Crippen LogP contribution in [0, 0.1) is 0 Å². The maximum atomic E-state index is 12.3. The van der Waals surface area contributed by atoms with Crippen LogP contribution < -0.4 is 21.3 Å². The summed E-state index contributed by atoms with van der Waals surface area (Å²) in [5.74, 6) is 0. The van der Waals surface area contributed by atoms with E-state index in [1.165, 1.54) is 0 Å². The zero-order valence-electron chi connectivity index (χ0n) is 25.2. The Morgan fingerprint density at radius 2 is 0.818 bits per heavy atom. The molecule has 4 N–H and O–H groups in total. The molecule has 228 valence electrons. The molecule has 44 heavy (non-hydrogen) atoms. The predicted octanol–water partition coefficient (Wildman–Crippen LogP) is 6.36. The van der Waals surface area contributed by atoms with Gasteiger partial charge in [-0.25, -0.2) is 9.59 Å². The summed E-state index contributed by atoms with van der Waals surface area (Å²) in [6.07, 6.45) is 1.82. The van der Waals surface area contributed by atoms with Crippen LogP contribution in [0.2, 0.25) is 0 Å². The molecule has 1 heterocycles. The van der Waals surface area contributed by atoms with Gasteiger partial charge in [0.25, 0.3) is 0 Å². The Labute approximate surface area is 260 Å². The van der Waals surface area contributed by atoms with Gasteiger partial charge in [0.15, 0.2) is 0 Å². The van der Waals surface area contributed by atoms with E-state index in [1.807, 2.05) is 84.9 Å². The summed E-state index contributed by atoms with van der Waals surface area (Å²) in [6.45, 7) is 7.29. The van der Waals surface area contributed by atoms with Crippen LogP contribution in [0.3, 0.4) is 0 Å². The Morgan fingerprint density at radius 1 is 0.477 bits per heavy atom. The van der Waals surface area contributed by atoms with Crippen molar-refractivity contribution in [3.05, 3.63) is 109 Å². The van der Waals surface area contributed by atoms with E-state index in [4.69, 9.17) is 0 Å². The van der Waals surface area contributed by atoms with Crippen LogP contribution >= 0.6 is 0 Å². The summed E-state index contributed by atoms with van der Waals surface area (Å²) in [5.41, 5.74) is 6.12. The van der Waals surface area contributed by atoms with E-state index in [0.717, 1.165) is 85.7 Å². The van der Waals surface area contributed by atoms with Gasteiger partial charge in [-0.1, -0.05) is 84.9 Å². The second-order valence-electron chi connectivity index (χ2n) is 11.0. The molecule has 1 aliphatic heterocycles. The highest BCUT2D eigenvalue weighted by molar-refractivity contribution is 5.90. The lowest BCUT2D eigenvalue weighted by molar-refractivity contribution is 0.130. The van der Waals surface area contributed by atoms with E-state index < -0.39 is 0 Å². The van der Waals surface area contributed by atoms with Crippen molar-refractivity contribution in [2.75, 3.05) is 63.0 Å². The van der Waals surface area contributed by atoms with Gasteiger partial charge in [-0.15, -0.1) is 0 Å². The quantitative estimate of drug-likeness (QED) is 0.145. The van der Waals surface area contributed by atoms with Crippen LogP contribution in [0.15, 0.2) is 109 Å². The summed E-state index contributed by atoms with van der Waals surface area (Å²) in [7, 11) is 0. The monoisotopic (exact) mass is 590 g/mol. The molecular formula is C36H42N6O2. The molecule has 0 unspecified atom stereocenters. The van der Waals surface area contributed by atoms with Crippen LogP contribution in [-0.4, -0.2) is 74.2 Å². The minimum atomic E-state index is -0.175. The van der Waals surface area contributed by atoms with Crippen molar-refractivity contribution in [3.63, 3.8) is 0 Å². The average Bonchev–Trinajstić information content (AvgIpc) is 3.07. The summed E-state index contributed by atoms with van der Waals surface area (Å²) in [5, 5.41) is 11.8. The Balaban J connectivity index is 0.885. The van der Waals surface area contributed by atoms with E-state index in [0.29, 0.717) is 13.1 Å². The van der Waals surface area contributed by atoms with Crippen LogP contribution in [0.4, 0.5) is 21.0 Å². The van der Waals surface area contributed by atoms with Gasteiger partial charge in [-0.2, -0.15) is 0 Å². The number of hydrogen-bond donors (Lipinski definition) is 4. The summed E-state index contributed by atoms with van der Waals surface area (Å²) in [6, 6.07) is 35.8. The van der Waals surface area contributed by atoms with Gasteiger partial charge in [0.1, 0.15) is 0 Å². The summed E-state index contributed by atoms with van der Waals surface area (Å²) >= 11 is 0. The van der Waals surface area contributed by atoms with Crippen LogP contribution in [0.1, 0.15) is 12.8 Å². The first-order valence-corrected chi connectivity index (χ1v) is 15.5. The lowest BCUT2D eigenvalue weighted by Crippen LogP contribution is -2.47. The highest BCUT2D eigenvalue weighted by atomic mass is 16.2. The summed E-state index contributed by atoms with van der Waals surface area (Å²) in [4.78, 5) is 29.5. The fourth-order valence-electron chi connectivity index (χ4n) is 5.35. The van der Waals surface area contributed by atoms with Gasteiger partial charge >= 0.3 is 12.1 Å².